The van der Waals surface area contributed by atoms with Crippen LogP contribution < -0.4 is 10.6 Å². The number of hydrogen-bond donors (Lipinski definition) is 2. The largest absolute Gasteiger partial charge is 0.419 e. The molecule has 0 amide bonds. The van der Waals surface area contributed by atoms with Gasteiger partial charge in [-0.3, -0.25) is 0 Å². The average Bonchev–Trinajstić information content (AvgIpc) is 2.60. The highest BCUT2D eigenvalue weighted by Crippen LogP contribution is 2.33. The number of nitrogens with one attached hydrogen (secondary N) is 2. The molecule has 2 aromatic heterocycles. The van der Waals surface area contributed by atoms with Crippen molar-refractivity contribution in [1.29, 1.82) is 10.5 Å². The third-order valence-corrected chi connectivity index (χ3v) is 3.32. The number of pyridine rings is 2. The maximum Gasteiger partial charge on any atom is 0.419 e. The van der Waals surface area contributed by atoms with Gasteiger partial charge in [0.05, 0.1) is 34.9 Å². The Labute approximate surface area is 158 Å². The average molecular weight is 416 g/mol. The van der Waals surface area contributed by atoms with Crippen LogP contribution in [0.4, 0.5) is 37.7 Å². The molecule has 6 nitrogen and oxygen atoms in total. The van der Waals surface area contributed by atoms with Gasteiger partial charge in [0.25, 0.3) is 0 Å². The summed E-state index contributed by atoms with van der Waals surface area (Å²) < 4.78 is 77.5. The lowest BCUT2D eigenvalue weighted by Gasteiger charge is -2.14. The first-order valence-corrected chi connectivity index (χ1v) is 7.39. The molecule has 13 heteroatoms. The zero-order valence-electron chi connectivity index (χ0n) is 13.3. The van der Waals surface area contributed by atoms with E-state index in [0.29, 0.717) is 12.1 Å². The van der Waals surface area contributed by atoms with Crippen LogP contribution in [-0.2, 0) is 12.4 Å². The summed E-state index contributed by atoms with van der Waals surface area (Å²) in [6, 6.07) is 3.77. The molecule has 0 saturated heterocycles. The molecule has 0 fully saturated rings. The maximum absolute atomic E-state index is 12.9. The van der Waals surface area contributed by atoms with Crippen molar-refractivity contribution in [2.45, 2.75) is 12.4 Å². The Morgan fingerprint density at radius 2 is 1.18 bits per heavy atom. The lowest BCUT2D eigenvalue weighted by molar-refractivity contribution is -0.138. The number of halogens is 6. The highest BCUT2D eigenvalue weighted by atomic mass is 32.1. The van der Waals surface area contributed by atoms with E-state index < -0.39 is 34.9 Å². The summed E-state index contributed by atoms with van der Waals surface area (Å²) >= 11 is 4.84. The molecule has 2 aromatic rings. The van der Waals surface area contributed by atoms with Crippen molar-refractivity contribution in [2.24, 2.45) is 0 Å². The molecule has 28 heavy (non-hydrogen) atoms. The van der Waals surface area contributed by atoms with Gasteiger partial charge in [-0.1, -0.05) is 0 Å². The second-order valence-corrected chi connectivity index (χ2v) is 5.45. The fourth-order valence-electron chi connectivity index (χ4n) is 1.97. The van der Waals surface area contributed by atoms with Gasteiger partial charge in [0, 0.05) is 0 Å². The van der Waals surface area contributed by atoms with Crippen LogP contribution in [-0.4, -0.2) is 15.1 Å². The van der Waals surface area contributed by atoms with E-state index in [0.717, 1.165) is 12.4 Å². The van der Waals surface area contributed by atoms with E-state index in [1.807, 2.05) is 0 Å². The van der Waals surface area contributed by atoms with E-state index in [2.05, 4.69) is 20.6 Å². The van der Waals surface area contributed by atoms with Crippen LogP contribution >= 0.6 is 12.2 Å². The normalized spacial score (nSPS) is 11.3. The molecule has 0 atom stereocenters. The number of nitrogens with zero attached hydrogens (tertiary/aromatic N) is 4. The van der Waals surface area contributed by atoms with Crippen LogP contribution in [0, 0.1) is 22.7 Å². The summed E-state index contributed by atoms with van der Waals surface area (Å²) in [6.07, 6.45) is -7.88. The number of rotatable bonds is 2. The summed E-state index contributed by atoms with van der Waals surface area (Å²) in [5.41, 5.74) is -4.79. The minimum Gasteiger partial charge on any atom is -0.331 e. The summed E-state index contributed by atoms with van der Waals surface area (Å²) in [5, 5.41) is 21.7. The summed E-state index contributed by atoms with van der Waals surface area (Å²) in [7, 11) is 0. The first-order valence-electron chi connectivity index (χ1n) is 6.98. The molecule has 0 bridgehead atoms. The van der Waals surface area contributed by atoms with Crippen LogP contribution in [0.2, 0.25) is 0 Å². The van der Waals surface area contributed by atoms with Gasteiger partial charge < -0.3 is 10.6 Å². The second kappa shape index (κ2) is 7.66. The van der Waals surface area contributed by atoms with Crippen LogP contribution in [0.25, 0.3) is 0 Å². The molecule has 0 radical (unpaired) electrons. The zero-order chi connectivity index (χ0) is 21.1. The lowest BCUT2D eigenvalue weighted by Crippen LogP contribution is -2.21. The van der Waals surface area contributed by atoms with Crippen molar-refractivity contribution in [3.63, 3.8) is 0 Å². The van der Waals surface area contributed by atoms with Gasteiger partial charge in [0.15, 0.2) is 16.5 Å². The van der Waals surface area contributed by atoms with Crippen molar-refractivity contribution >= 4 is 28.7 Å². The molecular formula is C15H6F6N6S. The minimum atomic E-state index is -4.84. The highest BCUT2D eigenvalue weighted by Gasteiger charge is 2.35. The predicted octanol–water partition coefficient (Wildman–Crippen LogP) is 4.07. The molecule has 0 aliphatic rings. The van der Waals surface area contributed by atoms with Gasteiger partial charge in [0.2, 0.25) is 0 Å². The maximum atomic E-state index is 12.9. The van der Waals surface area contributed by atoms with Gasteiger partial charge >= 0.3 is 12.4 Å². The first-order chi connectivity index (χ1) is 13.0. The van der Waals surface area contributed by atoms with Crippen LogP contribution in [0.1, 0.15) is 22.5 Å². The van der Waals surface area contributed by atoms with E-state index in [-0.39, 0.29) is 16.5 Å². The Balaban J connectivity index is 2.24. The third kappa shape index (κ3) is 4.83. The molecule has 144 valence electrons. The summed E-state index contributed by atoms with van der Waals surface area (Å²) in [4.78, 5) is 6.73. The molecule has 2 heterocycles. The lowest BCUT2D eigenvalue weighted by atomic mass is 10.2. The monoisotopic (exact) mass is 416 g/mol. The van der Waals surface area contributed by atoms with Gasteiger partial charge in [-0.25, -0.2) is 9.97 Å². The molecule has 2 N–H and O–H groups in total. The van der Waals surface area contributed by atoms with Gasteiger partial charge in [-0.15, -0.1) is 0 Å². The molecule has 0 saturated carbocycles. The van der Waals surface area contributed by atoms with E-state index >= 15 is 0 Å². The van der Waals surface area contributed by atoms with Crippen molar-refractivity contribution in [2.75, 3.05) is 10.6 Å². The predicted molar refractivity (Wildman–Crippen MR) is 87.8 cm³/mol. The van der Waals surface area contributed by atoms with Crippen LogP contribution in [0.15, 0.2) is 24.5 Å². The van der Waals surface area contributed by atoms with E-state index in [1.54, 1.807) is 0 Å². The summed E-state index contributed by atoms with van der Waals surface area (Å²) in [5.74, 6) is 0. The van der Waals surface area contributed by atoms with Crippen molar-refractivity contribution in [3.05, 3.63) is 47.0 Å². The van der Waals surface area contributed by atoms with Gasteiger partial charge in [-0.05, 0) is 24.4 Å². The fraction of sp³-hybridized carbons (Fsp3) is 0.133. The molecule has 2 rings (SSSR count). The van der Waals surface area contributed by atoms with Crippen LogP contribution in [0.3, 0.4) is 0 Å². The summed E-state index contributed by atoms with van der Waals surface area (Å²) in [6.45, 7) is 0. The van der Waals surface area contributed by atoms with E-state index in [9.17, 15) is 26.3 Å². The number of aromatic nitrogens is 2. The Kier molecular flexibility index (Phi) is 5.70. The fourth-order valence-corrected chi connectivity index (χ4v) is 2.21. The Morgan fingerprint density at radius 3 is 1.46 bits per heavy atom. The van der Waals surface area contributed by atoms with E-state index in [1.165, 1.54) is 12.1 Å². The van der Waals surface area contributed by atoms with E-state index in [4.69, 9.17) is 22.7 Å². The third-order valence-electron chi connectivity index (χ3n) is 3.11. The topological polar surface area (TPSA) is 97.4 Å². The number of anilines is 2. The number of alkyl halides is 6. The Hall–Kier alpha value is -3.45. The molecule has 0 aliphatic heterocycles. The smallest absolute Gasteiger partial charge is 0.331 e. The zero-order valence-corrected chi connectivity index (χ0v) is 14.1. The first kappa shape index (κ1) is 20.9. The van der Waals surface area contributed by atoms with Gasteiger partial charge in [0.1, 0.15) is 12.1 Å². The number of nitriles is 2. The molecule has 0 spiro atoms. The quantitative estimate of drug-likeness (QED) is 0.563. The second-order valence-electron chi connectivity index (χ2n) is 5.04. The molecular weight excluding hydrogens is 410 g/mol. The molecule has 0 aromatic carbocycles. The number of hydrogen-bond acceptors (Lipinski definition) is 5. The van der Waals surface area contributed by atoms with Crippen molar-refractivity contribution < 1.29 is 26.3 Å². The molecule has 0 unspecified atom stereocenters. The van der Waals surface area contributed by atoms with Crippen LogP contribution in [0.5, 0.6) is 0 Å². The number of thiocarbonyl (C=S) groups is 1. The Bertz CT molecular complexity index is 923. The minimum absolute atomic E-state index is 0.249. The van der Waals surface area contributed by atoms with Crippen molar-refractivity contribution in [3.8, 4) is 12.1 Å². The van der Waals surface area contributed by atoms with Crippen molar-refractivity contribution in [1.82, 2.24) is 9.97 Å². The van der Waals surface area contributed by atoms with Gasteiger partial charge in [-0.2, -0.15) is 36.9 Å². The standard InChI is InChI=1S/C15H6F6N6S/c16-14(17,18)9-1-7(5-24-11(9)3-22)26-13(28)27-8-2-10(15(19,20)21)12(4-23)25-6-8/h1-2,5-6H,(H2,26,27,28). The Morgan fingerprint density at radius 1 is 0.821 bits per heavy atom. The molecule has 0 aliphatic carbocycles. The SMILES string of the molecule is N#Cc1ncc(NC(=S)Nc2cnc(C#N)c(C(F)(F)F)c2)cc1C(F)(F)F. The highest BCUT2D eigenvalue weighted by molar-refractivity contribution is 7.80.